The maximum Gasteiger partial charge on any atom is 0.269 e. The molecule has 0 aromatic heterocycles. The number of carbonyl (C=O) groups excluding carboxylic acids is 1. The molecule has 1 aromatic carbocycles. The van der Waals surface area contributed by atoms with E-state index in [-0.39, 0.29) is 11.6 Å². The molecule has 2 atom stereocenters. The minimum absolute atomic E-state index is 0.0132. The highest BCUT2D eigenvalue weighted by Crippen LogP contribution is 2.32. The van der Waals surface area contributed by atoms with Crippen LogP contribution >= 0.6 is 0 Å². The molecule has 21 heavy (non-hydrogen) atoms. The van der Waals surface area contributed by atoms with Crippen LogP contribution in [0.15, 0.2) is 18.2 Å². The van der Waals surface area contributed by atoms with E-state index in [2.05, 4.69) is 12.2 Å². The Labute approximate surface area is 123 Å². The summed E-state index contributed by atoms with van der Waals surface area (Å²) in [5.74, 6) is 0.235. The van der Waals surface area contributed by atoms with Gasteiger partial charge in [0.1, 0.15) is 0 Å². The highest BCUT2D eigenvalue weighted by atomic mass is 16.6. The lowest BCUT2D eigenvalue weighted by Gasteiger charge is -2.35. The first-order valence-corrected chi connectivity index (χ1v) is 7.17. The van der Waals surface area contributed by atoms with Gasteiger partial charge in [0.05, 0.1) is 10.5 Å². The van der Waals surface area contributed by atoms with Crippen LogP contribution in [0.1, 0.15) is 38.2 Å². The summed E-state index contributed by atoms with van der Waals surface area (Å²) >= 11 is 0. The number of hydrogen-bond donors (Lipinski definition) is 2. The molecule has 0 heterocycles. The van der Waals surface area contributed by atoms with Crippen LogP contribution in [0.25, 0.3) is 0 Å². The molecular weight excluding hydrogens is 270 g/mol. The molecule has 2 rings (SSSR count). The Kier molecular flexibility index (Phi) is 4.27. The lowest BCUT2D eigenvalue weighted by Crippen LogP contribution is -2.53. The molecule has 0 saturated heterocycles. The van der Waals surface area contributed by atoms with Gasteiger partial charge in [-0.2, -0.15) is 0 Å². The van der Waals surface area contributed by atoms with E-state index in [1.165, 1.54) is 12.1 Å². The smallest absolute Gasteiger partial charge is 0.269 e. The fraction of sp³-hybridized carbons (Fsp3) is 0.533. The van der Waals surface area contributed by atoms with Gasteiger partial charge in [-0.05, 0) is 37.3 Å². The number of nitrogens with zero attached hydrogens (tertiary/aromatic N) is 1. The van der Waals surface area contributed by atoms with Gasteiger partial charge in [-0.25, -0.2) is 0 Å². The fourth-order valence-corrected chi connectivity index (χ4v) is 2.95. The molecule has 2 unspecified atom stereocenters. The minimum atomic E-state index is -0.841. The summed E-state index contributed by atoms with van der Waals surface area (Å²) in [7, 11) is 0. The van der Waals surface area contributed by atoms with Crippen molar-refractivity contribution < 1.29 is 9.72 Å². The van der Waals surface area contributed by atoms with E-state index in [0.29, 0.717) is 30.0 Å². The number of benzene rings is 1. The number of carbonyl (C=O) groups is 1. The summed E-state index contributed by atoms with van der Waals surface area (Å²) in [5.41, 5.74) is 6.66. The Hall–Kier alpha value is -1.95. The van der Waals surface area contributed by atoms with Crippen molar-refractivity contribution in [1.29, 1.82) is 0 Å². The molecule has 1 aromatic rings. The van der Waals surface area contributed by atoms with Gasteiger partial charge in [-0.1, -0.05) is 19.8 Å². The maximum absolute atomic E-state index is 12.4. The number of non-ortho nitro benzene ring substituents is 1. The summed E-state index contributed by atoms with van der Waals surface area (Å²) in [6.07, 6.45) is 3.40. The second-order valence-electron chi connectivity index (χ2n) is 6.07. The van der Waals surface area contributed by atoms with E-state index in [1.54, 1.807) is 13.0 Å². The van der Waals surface area contributed by atoms with E-state index in [1.807, 2.05) is 0 Å². The summed E-state index contributed by atoms with van der Waals surface area (Å²) in [5, 5.41) is 13.5. The van der Waals surface area contributed by atoms with Crippen LogP contribution in [-0.4, -0.2) is 16.4 Å². The standard InChI is InChI=1S/C15H21N3O3/c1-10-4-3-7-15(16,9-10)14(19)17-13-6-5-12(18(20)21)8-11(13)2/h5-6,8,10H,3-4,7,9,16H2,1-2H3,(H,17,19). The van der Waals surface area contributed by atoms with Gasteiger partial charge in [0.15, 0.2) is 0 Å². The Morgan fingerprint density at radius 1 is 1.52 bits per heavy atom. The number of nitro groups is 1. The van der Waals surface area contributed by atoms with Crippen molar-refractivity contribution in [2.75, 3.05) is 5.32 Å². The van der Waals surface area contributed by atoms with Gasteiger partial charge in [0.25, 0.3) is 5.69 Å². The van der Waals surface area contributed by atoms with Gasteiger partial charge in [0, 0.05) is 17.8 Å². The van der Waals surface area contributed by atoms with E-state index in [4.69, 9.17) is 5.73 Å². The number of nitrogens with two attached hydrogens (primary N) is 1. The molecule has 6 nitrogen and oxygen atoms in total. The molecule has 114 valence electrons. The molecule has 6 heteroatoms. The number of nitrogens with one attached hydrogen (secondary N) is 1. The van der Waals surface area contributed by atoms with Gasteiger partial charge in [0.2, 0.25) is 5.91 Å². The summed E-state index contributed by atoms with van der Waals surface area (Å²) in [6, 6.07) is 4.39. The van der Waals surface area contributed by atoms with Gasteiger partial charge >= 0.3 is 0 Å². The normalized spacial score (nSPS) is 25.4. The quantitative estimate of drug-likeness (QED) is 0.660. The van der Waals surface area contributed by atoms with Gasteiger partial charge < -0.3 is 11.1 Å². The van der Waals surface area contributed by atoms with E-state index in [0.717, 1.165) is 12.8 Å². The summed E-state index contributed by atoms with van der Waals surface area (Å²) < 4.78 is 0. The van der Waals surface area contributed by atoms with Crippen LogP contribution in [0.2, 0.25) is 0 Å². The van der Waals surface area contributed by atoms with Gasteiger partial charge in [-0.3, -0.25) is 14.9 Å². The second kappa shape index (κ2) is 5.81. The number of nitro benzene ring substituents is 1. The molecule has 0 spiro atoms. The molecule has 1 saturated carbocycles. The highest BCUT2D eigenvalue weighted by Gasteiger charge is 2.38. The Morgan fingerprint density at radius 2 is 2.24 bits per heavy atom. The van der Waals surface area contributed by atoms with Crippen molar-refractivity contribution in [2.24, 2.45) is 11.7 Å². The second-order valence-corrected chi connectivity index (χ2v) is 6.07. The summed E-state index contributed by atoms with van der Waals surface area (Å²) in [4.78, 5) is 22.7. The Morgan fingerprint density at radius 3 is 2.81 bits per heavy atom. The largest absolute Gasteiger partial charge is 0.324 e. The average Bonchev–Trinajstić information content (AvgIpc) is 2.40. The van der Waals surface area contributed by atoms with Gasteiger partial charge in [-0.15, -0.1) is 0 Å². The van der Waals surface area contributed by atoms with Crippen LogP contribution < -0.4 is 11.1 Å². The topological polar surface area (TPSA) is 98.3 Å². The zero-order valence-corrected chi connectivity index (χ0v) is 12.4. The van der Waals surface area contributed by atoms with Crippen molar-refractivity contribution >= 4 is 17.3 Å². The molecular formula is C15H21N3O3. The maximum atomic E-state index is 12.4. The third kappa shape index (κ3) is 3.39. The van der Waals surface area contributed by atoms with E-state index in [9.17, 15) is 14.9 Å². The molecule has 1 fully saturated rings. The minimum Gasteiger partial charge on any atom is -0.324 e. The zero-order valence-electron chi connectivity index (χ0n) is 12.4. The van der Waals surface area contributed by atoms with Crippen LogP contribution in [-0.2, 0) is 4.79 Å². The number of hydrogen-bond acceptors (Lipinski definition) is 4. The van der Waals surface area contributed by atoms with Crippen LogP contribution in [0, 0.1) is 23.0 Å². The number of amides is 1. The van der Waals surface area contributed by atoms with Crippen molar-refractivity contribution in [2.45, 2.75) is 45.1 Å². The van der Waals surface area contributed by atoms with E-state index < -0.39 is 10.5 Å². The first-order valence-electron chi connectivity index (χ1n) is 7.17. The van der Waals surface area contributed by atoms with Crippen molar-refractivity contribution in [1.82, 2.24) is 0 Å². The molecule has 1 aliphatic carbocycles. The number of anilines is 1. The van der Waals surface area contributed by atoms with Crippen molar-refractivity contribution in [3.05, 3.63) is 33.9 Å². The monoisotopic (exact) mass is 291 g/mol. The van der Waals surface area contributed by atoms with Crippen LogP contribution in [0.4, 0.5) is 11.4 Å². The van der Waals surface area contributed by atoms with Crippen LogP contribution in [0.5, 0.6) is 0 Å². The Balaban J connectivity index is 2.14. The predicted octanol–water partition coefficient (Wildman–Crippen LogP) is 2.75. The predicted molar refractivity (Wildman–Crippen MR) is 81.0 cm³/mol. The molecule has 1 aliphatic rings. The first kappa shape index (κ1) is 15.4. The first-order chi connectivity index (χ1) is 9.82. The molecule has 3 N–H and O–H groups in total. The van der Waals surface area contributed by atoms with Crippen molar-refractivity contribution in [3.63, 3.8) is 0 Å². The van der Waals surface area contributed by atoms with E-state index >= 15 is 0 Å². The average molecular weight is 291 g/mol. The summed E-state index contributed by atoms with van der Waals surface area (Å²) in [6.45, 7) is 3.83. The Bertz CT molecular complexity index is 573. The fourth-order valence-electron chi connectivity index (χ4n) is 2.95. The molecule has 1 amide bonds. The van der Waals surface area contributed by atoms with Crippen molar-refractivity contribution in [3.8, 4) is 0 Å². The molecule has 0 bridgehead atoms. The number of aryl methyl sites for hydroxylation is 1. The lowest BCUT2D eigenvalue weighted by molar-refractivity contribution is -0.384. The number of rotatable bonds is 3. The zero-order chi connectivity index (χ0) is 15.6. The molecule has 0 aliphatic heterocycles. The van der Waals surface area contributed by atoms with Crippen LogP contribution in [0.3, 0.4) is 0 Å². The third-order valence-electron chi connectivity index (χ3n) is 4.15. The highest BCUT2D eigenvalue weighted by molar-refractivity contribution is 5.98. The third-order valence-corrected chi connectivity index (χ3v) is 4.15. The lowest BCUT2D eigenvalue weighted by atomic mass is 9.76. The SMILES string of the molecule is Cc1cc([N+](=O)[O-])ccc1NC(=O)C1(N)CCCC(C)C1. The molecule has 0 radical (unpaired) electrons.